The van der Waals surface area contributed by atoms with Crippen LogP contribution in [0.25, 0.3) is 0 Å². The van der Waals surface area contributed by atoms with Crippen molar-refractivity contribution in [3.05, 3.63) is 47.2 Å². The monoisotopic (exact) mass is 397 g/mol. The highest BCUT2D eigenvalue weighted by Crippen LogP contribution is 2.34. The topological polar surface area (TPSA) is 72.9 Å². The Balaban J connectivity index is 1.62. The number of rotatable bonds is 5. The molecule has 1 aromatic carbocycles. The Hall–Kier alpha value is -2.80. The molecule has 0 unspecified atom stereocenters. The second-order valence-electron chi connectivity index (χ2n) is 7.47. The summed E-state index contributed by atoms with van der Waals surface area (Å²) in [7, 11) is 3.63. The summed E-state index contributed by atoms with van der Waals surface area (Å²) in [5.74, 6) is 2.16. The number of likely N-dealkylation sites (N-methyl/N-ethyl adjacent to an activating group) is 1. The number of anilines is 1. The Labute approximate surface area is 171 Å². The average molecular weight is 397 g/mol. The van der Waals surface area contributed by atoms with Crippen LogP contribution in [0.3, 0.4) is 0 Å². The lowest BCUT2D eigenvalue weighted by atomic mass is 10.0. The van der Waals surface area contributed by atoms with Crippen LogP contribution >= 0.6 is 0 Å². The average Bonchev–Trinajstić information content (AvgIpc) is 2.75. The van der Waals surface area contributed by atoms with Crippen molar-refractivity contribution < 1.29 is 19.0 Å². The summed E-state index contributed by atoms with van der Waals surface area (Å²) in [6, 6.07) is 9.92. The third kappa shape index (κ3) is 4.45. The van der Waals surface area contributed by atoms with Crippen LogP contribution in [0.15, 0.2) is 30.3 Å². The van der Waals surface area contributed by atoms with Crippen molar-refractivity contribution in [2.45, 2.75) is 25.3 Å². The summed E-state index contributed by atoms with van der Waals surface area (Å²) in [4.78, 5) is 19.6. The molecular weight excluding hydrogens is 370 g/mol. The molecule has 0 aliphatic carbocycles. The molecule has 0 atom stereocenters. The fraction of sp³-hybridized carbons (Fsp3) is 0.455. The minimum atomic E-state index is -0.144. The number of aromatic nitrogens is 1. The molecule has 0 bridgehead atoms. The lowest BCUT2D eigenvalue weighted by Gasteiger charge is -2.29. The van der Waals surface area contributed by atoms with E-state index < -0.39 is 0 Å². The largest absolute Gasteiger partial charge is 0.497 e. The lowest BCUT2D eigenvalue weighted by Crippen LogP contribution is -2.39. The minimum absolute atomic E-state index is 0.133. The first kappa shape index (κ1) is 19.5. The van der Waals surface area contributed by atoms with E-state index in [1.54, 1.807) is 7.11 Å². The molecule has 1 N–H and O–H groups in total. The summed E-state index contributed by atoms with van der Waals surface area (Å²) in [5, 5.41) is 3.11. The number of nitrogens with zero attached hydrogens (tertiary/aromatic N) is 2. The first-order chi connectivity index (χ1) is 14.1. The summed E-state index contributed by atoms with van der Waals surface area (Å²) < 4.78 is 16.6. The molecule has 0 saturated carbocycles. The number of methoxy groups -OCH3 is 1. The zero-order chi connectivity index (χ0) is 20.2. The molecule has 1 saturated heterocycles. The summed E-state index contributed by atoms with van der Waals surface area (Å²) in [6.45, 7) is 2.71. The standard InChI is InChI=1S/C22H27N3O4/c1-25-9-12-29-20-16(13-15-3-5-18(27-2)6-4-15)14-19(24-21(20)25)22(26)23-17-7-10-28-11-8-17/h3-6,14,17H,7-13H2,1-2H3,(H,23,26). The van der Waals surface area contributed by atoms with Crippen LogP contribution < -0.4 is 19.7 Å². The third-order valence-corrected chi connectivity index (χ3v) is 5.41. The van der Waals surface area contributed by atoms with Gasteiger partial charge >= 0.3 is 0 Å². The predicted octanol–water partition coefficient (Wildman–Crippen LogP) is 2.42. The molecule has 2 aliphatic heterocycles. The van der Waals surface area contributed by atoms with Gasteiger partial charge in [-0.2, -0.15) is 0 Å². The van der Waals surface area contributed by atoms with E-state index in [1.165, 1.54) is 0 Å². The van der Waals surface area contributed by atoms with Crippen LogP contribution in [0, 0.1) is 0 Å². The number of fused-ring (bicyclic) bond motifs is 1. The van der Waals surface area contributed by atoms with Gasteiger partial charge < -0.3 is 24.4 Å². The van der Waals surface area contributed by atoms with Gasteiger partial charge in [0.15, 0.2) is 11.6 Å². The molecule has 0 spiro atoms. The molecule has 1 aromatic heterocycles. The van der Waals surface area contributed by atoms with Crippen molar-refractivity contribution in [3.63, 3.8) is 0 Å². The SMILES string of the molecule is COc1ccc(Cc2cc(C(=O)NC3CCOCC3)nc3c2OCCN3C)cc1. The molecular formula is C22H27N3O4. The van der Waals surface area contributed by atoms with Gasteiger partial charge in [0.05, 0.1) is 13.7 Å². The Morgan fingerprint density at radius 1 is 1.24 bits per heavy atom. The van der Waals surface area contributed by atoms with E-state index in [4.69, 9.17) is 14.2 Å². The number of nitrogens with one attached hydrogen (secondary N) is 1. The summed E-state index contributed by atoms with van der Waals surface area (Å²) in [5.41, 5.74) is 2.51. The molecule has 1 fully saturated rings. The number of benzene rings is 1. The first-order valence-corrected chi connectivity index (χ1v) is 10.0. The maximum absolute atomic E-state index is 12.9. The quantitative estimate of drug-likeness (QED) is 0.835. The molecule has 154 valence electrons. The Bertz CT molecular complexity index is 863. The van der Waals surface area contributed by atoms with Crippen molar-refractivity contribution in [1.82, 2.24) is 10.3 Å². The second-order valence-corrected chi connectivity index (χ2v) is 7.47. The van der Waals surface area contributed by atoms with Crippen molar-refractivity contribution in [2.75, 3.05) is 45.4 Å². The maximum atomic E-state index is 12.9. The molecule has 0 radical (unpaired) electrons. The maximum Gasteiger partial charge on any atom is 0.270 e. The zero-order valence-electron chi connectivity index (χ0n) is 16.9. The van der Waals surface area contributed by atoms with E-state index in [2.05, 4.69) is 10.3 Å². The van der Waals surface area contributed by atoms with Crippen LogP contribution in [0.1, 0.15) is 34.5 Å². The number of pyridine rings is 1. The van der Waals surface area contributed by atoms with Gasteiger partial charge in [-0.05, 0) is 36.6 Å². The van der Waals surface area contributed by atoms with Gasteiger partial charge in [-0.15, -0.1) is 0 Å². The van der Waals surface area contributed by atoms with Crippen LogP contribution in [0.4, 0.5) is 5.82 Å². The minimum Gasteiger partial charge on any atom is -0.497 e. The fourth-order valence-corrected chi connectivity index (χ4v) is 3.69. The summed E-state index contributed by atoms with van der Waals surface area (Å²) >= 11 is 0. The highest BCUT2D eigenvalue weighted by Gasteiger charge is 2.25. The number of carbonyl (C=O) groups is 1. The van der Waals surface area contributed by atoms with Gasteiger partial charge in [-0.3, -0.25) is 4.79 Å². The van der Waals surface area contributed by atoms with Gasteiger partial charge in [0.25, 0.3) is 5.91 Å². The Kier molecular flexibility index (Phi) is 5.85. The zero-order valence-corrected chi connectivity index (χ0v) is 16.9. The van der Waals surface area contributed by atoms with E-state index in [9.17, 15) is 4.79 Å². The van der Waals surface area contributed by atoms with Crippen molar-refractivity contribution >= 4 is 11.7 Å². The fourth-order valence-electron chi connectivity index (χ4n) is 3.69. The van der Waals surface area contributed by atoms with E-state index in [1.807, 2.05) is 42.3 Å². The molecule has 7 nitrogen and oxygen atoms in total. The molecule has 2 aliphatic rings. The normalized spacial score (nSPS) is 16.7. The van der Waals surface area contributed by atoms with Gasteiger partial charge in [-0.1, -0.05) is 12.1 Å². The van der Waals surface area contributed by atoms with Crippen LogP contribution in [-0.4, -0.2) is 57.5 Å². The molecule has 1 amide bonds. The third-order valence-electron chi connectivity index (χ3n) is 5.41. The van der Waals surface area contributed by atoms with Gasteiger partial charge in [0.2, 0.25) is 0 Å². The Morgan fingerprint density at radius 2 is 2.00 bits per heavy atom. The van der Waals surface area contributed by atoms with E-state index >= 15 is 0 Å². The summed E-state index contributed by atoms with van der Waals surface area (Å²) in [6.07, 6.45) is 2.32. The van der Waals surface area contributed by atoms with Gasteiger partial charge in [0, 0.05) is 38.3 Å². The van der Waals surface area contributed by atoms with E-state index in [0.717, 1.165) is 47.8 Å². The number of carbonyl (C=O) groups excluding carboxylic acids is 1. The number of hydrogen-bond acceptors (Lipinski definition) is 6. The van der Waals surface area contributed by atoms with Crippen LogP contribution in [-0.2, 0) is 11.2 Å². The van der Waals surface area contributed by atoms with Crippen molar-refractivity contribution in [2.24, 2.45) is 0 Å². The van der Waals surface area contributed by atoms with E-state index in [0.29, 0.717) is 31.9 Å². The van der Waals surface area contributed by atoms with Crippen LogP contribution in [0.5, 0.6) is 11.5 Å². The molecule has 29 heavy (non-hydrogen) atoms. The van der Waals surface area contributed by atoms with Crippen LogP contribution in [0.2, 0.25) is 0 Å². The first-order valence-electron chi connectivity index (χ1n) is 10.0. The molecule has 3 heterocycles. The lowest BCUT2D eigenvalue weighted by molar-refractivity contribution is 0.0694. The molecule has 4 rings (SSSR count). The van der Waals surface area contributed by atoms with Gasteiger partial charge in [-0.25, -0.2) is 4.98 Å². The smallest absolute Gasteiger partial charge is 0.270 e. The second kappa shape index (κ2) is 8.69. The highest BCUT2D eigenvalue weighted by molar-refractivity contribution is 5.93. The molecule has 2 aromatic rings. The van der Waals surface area contributed by atoms with Gasteiger partial charge in [0.1, 0.15) is 18.1 Å². The number of hydrogen-bond donors (Lipinski definition) is 1. The predicted molar refractivity (Wildman–Crippen MR) is 110 cm³/mol. The van der Waals surface area contributed by atoms with E-state index in [-0.39, 0.29) is 11.9 Å². The number of ether oxygens (including phenoxy) is 3. The number of amides is 1. The Morgan fingerprint density at radius 3 is 2.72 bits per heavy atom. The highest BCUT2D eigenvalue weighted by atomic mass is 16.5. The molecule has 7 heteroatoms. The van der Waals surface area contributed by atoms with Crippen molar-refractivity contribution in [1.29, 1.82) is 0 Å². The van der Waals surface area contributed by atoms with Crippen molar-refractivity contribution in [3.8, 4) is 11.5 Å².